The first-order valence-corrected chi connectivity index (χ1v) is 14.7. The number of likely N-dealkylation sites (tertiary alicyclic amines) is 1. The van der Waals surface area contributed by atoms with Gasteiger partial charge < -0.3 is 20.1 Å². The third kappa shape index (κ3) is 6.02. The maximum absolute atomic E-state index is 9.78. The van der Waals surface area contributed by atoms with Gasteiger partial charge in [0.1, 0.15) is 5.82 Å². The minimum atomic E-state index is -0.639. The summed E-state index contributed by atoms with van der Waals surface area (Å²) < 4.78 is 0. The van der Waals surface area contributed by atoms with Gasteiger partial charge in [0.15, 0.2) is 0 Å². The number of β-amino-alcohol motifs (C(OH)–C–C–N with tert-alkyl or cyclic N) is 1. The lowest BCUT2D eigenvalue weighted by atomic mass is 9.89. The van der Waals surface area contributed by atoms with Crippen molar-refractivity contribution >= 4 is 11.6 Å². The molecule has 0 radical (unpaired) electrons. The highest BCUT2D eigenvalue weighted by Crippen LogP contribution is 2.32. The number of aromatic nitrogens is 2. The number of imidazole rings is 1. The second kappa shape index (κ2) is 12.2. The quantitative estimate of drug-likeness (QED) is 0.279. The molecule has 3 aromatic carbocycles. The van der Waals surface area contributed by atoms with E-state index >= 15 is 0 Å². The number of rotatable bonds is 8. The third-order valence-electron chi connectivity index (χ3n) is 8.49. The monoisotopic (exact) mass is 556 g/mol. The highest BCUT2D eigenvalue weighted by Gasteiger charge is 2.28. The summed E-state index contributed by atoms with van der Waals surface area (Å²) >= 11 is 6.64. The molecule has 4 aromatic rings. The highest BCUT2D eigenvalue weighted by molar-refractivity contribution is 6.33. The molecular formula is C33H37ClN4O2. The summed E-state index contributed by atoms with van der Waals surface area (Å²) in [7, 11) is 0. The first-order valence-electron chi connectivity index (χ1n) is 14.3. The number of piperidine rings is 1. The van der Waals surface area contributed by atoms with Crippen molar-refractivity contribution in [3.05, 3.63) is 100 Å². The second-order valence-corrected chi connectivity index (χ2v) is 11.6. The molecule has 2 aliphatic rings. The minimum absolute atomic E-state index is 0.166. The second-order valence-electron chi connectivity index (χ2n) is 11.1. The molecule has 0 spiro atoms. The standard InChI is InChI=1S/C33H37ClN4O2/c34-31-10-9-23(18-30(31)33-35-19-32(36-33)24-5-2-1-3-6-24)17-25-7-4-8-26-20-38(16-13-29(25)26)27-11-14-37(15-12-27)21-28(40)22-39/h1-10,18-19,27-28,39-40H,11-17,20-22H2,(H,35,36). The van der Waals surface area contributed by atoms with E-state index in [0.717, 1.165) is 74.5 Å². The number of benzene rings is 3. The average molecular weight is 557 g/mol. The fourth-order valence-corrected chi connectivity index (χ4v) is 6.52. The number of aromatic amines is 1. The van der Waals surface area contributed by atoms with E-state index in [2.05, 4.69) is 62.2 Å². The molecule has 0 amide bonds. The van der Waals surface area contributed by atoms with Crippen LogP contribution in [-0.2, 0) is 19.4 Å². The van der Waals surface area contributed by atoms with Gasteiger partial charge in [0.25, 0.3) is 0 Å². The highest BCUT2D eigenvalue weighted by atomic mass is 35.5. The van der Waals surface area contributed by atoms with Crippen molar-refractivity contribution in [3.63, 3.8) is 0 Å². The molecule has 1 atom stereocenters. The van der Waals surface area contributed by atoms with Gasteiger partial charge in [-0.15, -0.1) is 0 Å². The number of hydrogen-bond acceptors (Lipinski definition) is 5. The zero-order valence-corrected chi connectivity index (χ0v) is 23.5. The number of nitrogens with zero attached hydrogens (tertiary/aromatic N) is 3. The lowest BCUT2D eigenvalue weighted by molar-refractivity contribution is 0.0359. The topological polar surface area (TPSA) is 75.6 Å². The van der Waals surface area contributed by atoms with Gasteiger partial charge in [0.05, 0.1) is 29.6 Å². The third-order valence-corrected chi connectivity index (χ3v) is 8.82. The molecular weight excluding hydrogens is 520 g/mol. The van der Waals surface area contributed by atoms with E-state index in [9.17, 15) is 5.11 Å². The number of hydrogen-bond donors (Lipinski definition) is 3. The average Bonchev–Trinajstić information content (AvgIpc) is 3.49. The zero-order valence-electron chi connectivity index (χ0n) is 22.8. The number of nitrogens with one attached hydrogen (secondary N) is 1. The molecule has 6 rings (SSSR count). The summed E-state index contributed by atoms with van der Waals surface area (Å²) in [6.07, 6.45) is 5.38. The van der Waals surface area contributed by atoms with Crippen molar-refractivity contribution in [1.82, 2.24) is 19.8 Å². The van der Waals surface area contributed by atoms with Crippen LogP contribution in [0.3, 0.4) is 0 Å². The van der Waals surface area contributed by atoms with Crippen LogP contribution in [0.2, 0.25) is 5.02 Å². The Kier molecular flexibility index (Phi) is 8.32. The van der Waals surface area contributed by atoms with Crippen LogP contribution in [0.4, 0.5) is 0 Å². The van der Waals surface area contributed by atoms with Crippen LogP contribution >= 0.6 is 11.6 Å². The molecule has 1 fully saturated rings. The number of halogens is 1. The van der Waals surface area contributed by atoms with E-state index in [-0.39, 0.29) is 6.61 Å². The van der Waals surface area contributed by atoms with E-state index in [0.29, 0.717) is 17.6 Å². The molecule has 0 aliphatic carbocycles. The summed E-state index contributed by atoms with van der Waals surface area (Å²) in [5.41, 5.74) is 8.55. The molecule has 1 aromatic heterocycles. The predicted molar refractivity (Wildman–Crippen MR) is 160 cm³/mol. The van der Waals surface area contributed by atoms with Crippen LogP contribution in [-0.4, -0.2) is 74.9 Å². The SMILES string of the molecule is OCC(O)CN1CCC(N2CCc3c(Cc4ccc(Cl)c(-c5ncc(-c6ccccc6)[nH]5)c4)cccc3C2)CC1. The zero-order chi connectivity index (χ0) is 27.5. The van der Waals surface area contributed by atoms with Gasteiger partial charge >= 0.3 is 0 Å². The number of aliphatic hydroxyl groups excluding tert-OH is 2. The molecule has 3 N–H and O–H groups in total. The predicted octanol–water partition coefficient (Wildman–Crippen LogP) is 5.16. The Morgan fingerprint density at radius 3 is 2.62 bits per heavy atom. The van der Waals surface area contributed by atoms with Gasteiger partial charge in [-0.2, -0.15) is 0 Å². The normalized spacial score (nSPS) is 17.6. The Morgan fingerprint density at radius 2 is 1.82 bits per heavy atom. The van der Waals surface area contributed by atoms with Crippen molar-refractivity contribution in [2.75, 3.05) is 32.8 Å². The van der Waals surface area contributed by atoms with Crippen LogP contribution < -0.4 is 0 Å². The first kappa shape index (κ1) is 27.2. The lowest BCUT2D eigenvalue weighted by Crippen LogP contribution is -2.48. The minimum Gasteiger partial charge on any atom is -0.394 e. The van der Waals surface area contributed by atoms with Crippen molar-refractivity contribution < 1.29 is 10.2 Å². The fourth-order valence-electron chi connectivity index (χ4n) is 6.32. The van der Waals surface area contributed by atoms with Gasteiger partial charge in [0.2, 0.25) is 0 Å². The fraction of sp³-hybridized carbons (Fsp3) is 0.364. The van der Waals surface area contributed by atoms with Crippen LogP contribution in [0, 0.1) is 0 Å². The summed E-state index contributed by atoms with van der Waals surface area (Å²) in [6.45, 7) is 4.43. The van der Waals surface area contributed by atoms with E-state index in [1.807, 2.05) is 30.5 Å². The first-order chi connectivity index (χ1) is 19.6. The van der Waals surface area contributed by atoms with E-state index < -0.39 is 6.10 Å². The lowest BCUT2D eigenvalue weighted by Gasteiger charge is -2.41. The van der Waals surface area contributed by atoms with Crippen LogP contribution in [0.1, 0.15) is 35.1 Å². The van der Waals surface area contributed by atoms with Crippen LogP contribution in [0.5, 0.6) is 0 Å². The Hall–Kier alpha value is -3.00. The van der Waals surface area contributed by atoms with Gasteiger partial charge in [-0.25, -0.2) is 4.98 Å². The Labute approximate surface area is 241 Å². The molecule has 40 heavy (non-hydrogen) atoms. The molecule has 2 aliphatic heterocycles. The number of aliphatic hydroxyl groups is 2. The number of H-pyrrole nitrogens is 1. The molecule has 6 nitrogen and oxygen atoms in total. The van der Waals surface area contributed by atoms with Crippen LogP contribution in [0.15, 0.2) is 72.9 Å². The van der Waals surface area contributed by atoms with Gasteiger partial charge in [0, 0.05) is 31.2 Å². The summed E-state index contributed by atoms with van der Waals surface area (Å²) in [4.78, 5) is 13.0. The van der Waals surface area contributed by atoms with Crippen LogP contribution in [0.25, 0.3) is 22.6 Å². The Bertz CT molecular complexity index is 1430. The smallest absolute Gasteiger partial charge is 0.139 e. The van der Waals surface area contributed by atoms with Gasteiger partial charge in [-0.05, 0) is 78.7 Å². The molecule has 7 heteroatoms. The maximum atomic E-state index is 9.78. The maximum Gasteiger partial charge on any atom is 0.139 e. The van der Waals surface area contributed by atoms with E-state index in [1.165, 1.54) is 22.3 Å². The summed E-state index contributed by atoms with van der Waals surface area (Å²) in [5.74, 6) is 0.786. The Morgan fingerprint density at radius 1 is 1.00 bits per heavy atom. The van der Waals surface area contributed by atoms with Gasteiger partial charge in [-0.3, -0.25) is 4.90 Å². The van der Waals surface area contributed by atoms with E-state index in [1.54, 1.807) is 0 Å². The molecule has 0 bridgehead atoms. The van der Waals surface area contributed by atoms with E-state index in [4.69, 9.17) is 16.7 Å². The molecule has 1 unspecified atom stereocenters. The molecule has 208 valence electrons. The van der Waals surface area contributed by atoms with Gasteiger partial charge in [-0.1, -0.05) is 66.2 Å². The van der Waals surface area contributed by atoms with Crippen molar-refractivity contribution in [1.29, 1.82) is 0 Å². The van der Waals surface area contributed by atoms with Crippen molar-refractivity contribution in [2.45, 2.75) is 44.4 Å². The molecule has 3 heterocycles. The molecule has 1 saturated heterocycles. The van der Waals surface area contributed by atoms with Crippen molar-refractivity contribution in [3.8, 4) is 22.6 Å². The summed E-state index contributed by atoms with van der Waals surface area (Å²) in [6, 6.07) is 23.8. The summed E-state index contributed by atoms with van der Waals surface area (Å²) in [5, 5.41) is 19.6. The molecule has 0 saturated carbocycles. The largest absolute Gasteiger partial charge is 0.394 e. The Balaban J connectivity index is 1.14. The number of fused-ring (bicyclic) bond motifs is 1. The van der Waals surface area contributed by atoms with Crippen molar-refractivity contribution in [2.24, 2.45) is 0 Å².